The molecule has 15 heavy (non-hydrogen) atoms. The predicted molar refractivity (Wildman–Crippen MR) is 56.8 cm³/mol. The molecule has 1 saturated carbocycles. The third-order valence-corrected chi connectivity index (χ3v) is 3.10. The maximum atomic E-state index is 11.6. The van der Waals surface area contributed by atoms with Crippen LogP contribution in [0.3, 0.4) is 0 Å². The van der Waals surface area contributed by atoms with E-state index in [1.54, 1.807) is 0 Å². The fraction of sp³-hybridized carbons (Fsp3) is 0.750. The second kappa shape index (κ2) is 3.80. The average Bonchev–Trinajstić information content (AvgIpc) is 2.77. The van der Waals surface area contributed by atoms with E-state index < -0.39 is 21.5 Å². The second-order valence-corrected chi connectivity index (χ2v) is 5.46. The number of hydrogen-bond donors (Lipinski definition) is 2. The zero-order chi connectivity index (χ0) is 11.7. The summed E-state index contributed by atoms with van der Waals surface area (Å²) in [4.78, 5) is 15.5. The molecule has 0 heterocycles. The lowest BCUT2D eigenvalue weighted by molar-refractivity contribution is -0.121. The zero-order valence-corrected chi connectivity index (χ0v) is 9.54. The van der Waals surface area contributed by atoms with Crippen molar-refractivity contribution in [3.05, 3.63) is 0 Å². The normalized spacial score (nSPS) is 30.4. The first-order valence-corrected chi connectivity index (χ1v) is 6.52. The number of carbonyl (C=O) groups excluding carboxylic acids is 1. The predicted octanol–water partition coefficient (Wildman–Crippen LogP) is -0.782. The van der Waals surface area contributed by atoms with E-state index >= 15 is 0 Å². The summed E-state index contributed by atoms with van der Waals surface area (Å²) in [7, 11) is -3.53. The number of nitrogens with one attached hydrogen (secondary N) is 1. The Morgan fingerprint density at radius 3 is 2.67 bits per heavy atom. The molecule has 1 fully saturated rings. The minimum absolute atomic E-state index is 0.0825. The maximum absolute atomic E-state index is 11.6. The summed E-state index contributed by atoms with van der Waals surface area (Å²) in [6, 6.07) is 0. The van der Waals surface area contributed by atoms with E-state index in [9.17, 15) is 13.2 Å². The molecule has 0 saturated heterocycles. The highest BCUT2D eigenvalue weighted by Crippen LogP contribution is 2.49. The van der Waals surface area contributed by atoms with Gasteiger partial charge >= 0.3 is 0 Å². The largest absolute Gasteiger partial charge is 0.390 e. The van der Waals surface area contributed by atoms with Crippen molar-refractivity contribution in [3.8, 4) is 0 Å². The summed E-state index contributed by atoms with van der Waals surface area (Å²) < 4.78 is 23.7. The van der Waals surface area contributed by atoms with Crippen LogP contribution in [0.1, 0.15) is 19.8 Å². The van der Waals surface area contributed by atoms with Gasteiger partial charge in [-0.3, -0.25) is 14.5 Å². The Morgan fingerprint density at radius 1 is 1.73 bits per heavy atom. The molecule has 0 aromatic rings. The van der Waals surface area contributed by atoms with Crippen LogP contribution in [0.5, 0.6) is 0 Å². The van der Waals surface area contributed by atoms with Crippen molar-refractivity contribution >= 4 is 22.3 Å². The molecule has 1 aliphatic carbocycles. The van der Waals surface area contributed by atoms with E-state index in [0.717, 1.165) is 19.0 Å². The molecule has 1 rings (SSSR count). The number of aliphatic imine (C=N–C) groups is 1. The van der Waals surface area contributed by atoms with E-state index in [1.165, 1.54) is 0 Å². The van der Waals surface area contributed by atoms with E-state index in [-0.39, 0.29) is 5.92 Å². The maximum Gasteiger partial charge on any atom is 0.261 e. The quantitative estimate of drug-likeness (QED) is 0.491. The summed E-state index contributed by atoms with van der Waals surface area (Å²) >= 11 is 0. The van der Waals surface area contributed by atoms with Gasteiger partial charge in [-0.15, -0.1) is 0 Å². The number of amides is 1. The average molecular weight is 233 g/mol. The molecule has 3 N–H and O–H groups in total. The van der Waals surface area contributed by atoms with Gasteiger partial charge in [-0.25, -0.2) is 8.42 Å². The van der Waals surface area contributed by atoms with Crippen LogP contribution in [-0.2, 0) is 14.8 Å². The summed E-state index contributed by atoms with van der Waals surface area (Å²) in [5.41, 5.74) is 4.20. The number of carbonyl (C=O) groups is 1. The lowest BCUT2D eigenvalue weighted by atomic mass is 10.2. The number of nitrogens with zero attached hydrogens (tertiary/aromatic N) is 1. The van der Waals surface area contributed by atoms with Crippen molar-refractivity contribution in [1.82, 2.24) is 4.72 Å². The molecule has 1 aliphatic rings. The highest BCUT2D eigenvalue weighted by molar-refractivity contribution is 7.89. The van der Waals surface area contributed by atoms with Crippen molar-refractivity contribution < 1.29 is 13.2 Å². The molecule has 0 aromatic carbocycles. The number of nitrogens with two attached hydrogens (primary N) is 1. The van der Waals surface area contributed by atoms with Crippen molar-refractivity contribution in [3.63, 3.8) is 0 Å². The molecule has 2 unspecified atom stereocenters. The first-order chi connectivity index (χ1) is 6.85. The SMILES string of the molecule is CCC1CC1(N=CN)C(=O)NS(C)(=O)=O. The summed E-state index contributed by atoms with van der Waals surface area (Å²) in [6.07, 6.45) is 3.32. The van der Waals surface area contributed by atoms with Gasteiger partial charge in [0.1, 0.15) is 5.54 Å². The molecule has 86 valence electrons. The minimum atomic E-state index is -3.53. The van der Waals surface area contributed by atoms with E-state index in [2.05, 4.69) is 4.99 Å². The zero-order valence-electron chi connectivity index (χ0n) is 8.73. The van der Waals surface area contributed by atoms with Crippen LogP contribution in [0.25, 0.3) is 0 Å². The third kappa shape index (κ3) is 2.47. The van der Waals surface area contributed by atoms with Crippen molar-refractivity contribution in [2.75, 3.05) is 6.26 Å². The molecule has 2 atom stereocenters. The first-order valence-electron chi connectivity index (χ1n) is 4.63. The Hall–Kier alpha value is -1.11. The van der Waals surface area contributed by atoms with Gasteiger partial charge in [-0.05, 0) is 12.3 Å². The Kier molecular flexibility index (Phi) is 3.03. The topological polar surface area (TPSA) is 102 Å². The molecule has 6 nitrogen and oxygen atoms in total. The smallest absolute Gasteiger partial charge is 0.261 e. The molecule has 7 heteroatoms. The lowest BCUT2D eigenvalue weighted by Crippen LogP contribution is -2.40. The van der Waals surface area contributed by atoms with Gasteiger partial charge in [0.15, 0.2) is 0 Å². The Morgan fingerprint density at radius 2 is 2.33 bits per heavy atom. The summed E-state index contributed by atoms with van der Waals surface area (Å²) in [5.74, 6) is -0.502. The van der Waals surface area contributed by atoms with Gasteiger partial charge in [0, 0.05) is 0 Å². The molecule has 0 bridgehead atoms. The van der Waals surface area contributed by atoms with Crippen LogP contribution in [0.4, 0.5) is 0 Å². The lowest BCUT2D eigenvalue weighted by Gasteiger charge is -2.10. The first kappa shape index (κ1) is 12.0. The van der Waals surface area contributed by atoms with E-state index in [0.29, 0.717) is 6.42 Å². The fourth-order valence-corrected chi connectivity index (χ4v) is 2.20. The Bertz CT molecular complexity index is 390. The molecule has 0 spiro atoms. The second-order valence-electron chi connectivity index (χ2n) is 3.72. The van der Waals surface area contributed by atoms with Crippen LogP contribution in [0.15, 0.2) is 4.99 Å². The van der Waals surface area contributed by atoms with Crippen LogP contribution in [0.2, 0.25) is 0 Å². The number of sulfonamides is 1. The molecular formula is C8H15N3O3S. The van der Waals surface area contributed by atoms with Crippen LogP contribution in [-0.4, -0.2) is 32.5 Å². The third-order valence-electron chi connectivity index (χ3n) is 2.54. The van der Waals surface area contributed by atoms with Crippen molar-refractivity contribution in [2.45, 2.75) is 25.3 Å². The summed E-state index contributed by atoms with van der Waals surface area (Å²) in [6.45, 7) is 1.92. The van der Waals surface area contributed by atoms with Crippen LogP contribution >= 0.6 is 0 Å². The van der Waals surface area contributed by atoms with E-state index in [1.807, 2.05) is 11.6 Å². The molecule has 0 radical (unpaired) electrons. The minimum Gasteiger partial charge on any atom is -0.390 e. The highest BCUT2D eigenvalue weighted by atomic mass is 32.2. The van der Waals surface area contributed by atoms with Crippen molar-refractivity contribution in [2.24, 2.45) is 16.6 Å². The molecule has 1 amide bonds. The van der Waals surface area contributed by atoms with Gasteiger partial charge in [-0.1, -0.05) is 13.3 Å². The van der Waals surface area contributed by atoms with E-state index in [4.69, 9.17) is 5.73 Å². The van der Waals surface area contributed by atoms with Gasteiger partial charge in [0.2, 0.25) is 10.0 Å². The Balaban J connectivity index is 2.81. The molecule has 0 aliphatic heterocycles. The molecule has 0 aromatic heterocycles. The number of hydrogen-bond acceptors (Lipinski definition) is 4. The number of rotatable bonds is 4. The fourth-order valence-electron chi connectivity index (χ4n) is 1.68. The van der Waals surface area contributed by atoms with Crippen molar-refractivity contribution in [1.29, 1.82) is 0 Å². The van der Waals surface area contributed by atoms with Gasteiger partial charge < -0.3 is 5.73 Å². The monoisotopic (exact) mass is 233 g/mol. The highest BCUT2D eigenvalue weighted by Gasteiger charge is 2.59. The summed E-state index contributed by atoms with van der Waals surface area (Å²) in [5, 5.41) is 0. The Labute approximate surface area is 89.0 Å². The van der Waals surface area contributed by atoms with Crippen LogP contribution in [0, 0.1) is 5.92 Å². The van der Waals surface area contributed by atoms with Gasteiger partial charge in [-0.2, -0.15) is 0 Å². The van der Waals surface area contributed by atoms with Gasteiger partial charge in [0.05, 0.1) is 12.6 Å². The van der Waals surface area contributed by atoms with Crippen LogP contribution < -0.4 is 10.5 Å². The molecular weight excluding hydrogens is 218 g/mol. The standard InChI is InChI=1S/C8H15N3O3S/c1-3-6-4-8(6,10-5-9)7(12)11-15(2,13)14/h5-6H,3-4H2,1-2H3,(H2,9,10)(H,11,12). The van der Waals surface area contributed by atoms with Gasteiger partial charge in [0.25, 0.3) is 5.91 Å².